The topological polar surface area (TPSA) is 103 Å². The summed E-state index contributed by atoms with van der Waals surface area (Å²) in [6.45, 7) is 1.80. The third-order valence-corrected chi connectivity index (χ3v) is 5.28. The molecule has 0 fully saturated rings. The van der Waals surface area contributed by atoms with E-state index in [1.165, 1.54) is 21.3 Å². The quantitative estimate of drug-likeness (QED) is 0.661. The van der Waals surface area contributed by atoms with E-state index in [2.05, 4.69) is 10.0 Å². The van der Waals surface area contributed by atoms with E-state index < -0.39 is 10.0 Å². The van der Waals surface area contributed by atoms with Crippen molar-refractivity contribution in [1.82, 2.24) is 5.32 Å². The number of anilines is 1. The number of hydrogen-bond donors (Lipinski definition) is 2. The molecule has 0 atom stereocenters. The summed E-state index contributed by atoms with van der Waals surface area (Å²) in [5, 5.41) is 2.80. The van der Waals surface area contributed by atoms with Gasteiger partial charge in [-0.2, -0.15) is 0 Å². The van der Waals surface area contributed by atoms with E-state index in [1.54, 1.807) is 43.3 Å². The Morgan fingerprint density at radius 3 is 2.00 bits per heavy atom. The van der Waals surface area contributed by atoms with Crippen molar-refractivity contribution in [1.29, 1.82) is 0 Å². The summed E-state index contributed by atoms with van der Waals surface area (Å²) in [6.07, 6.45) is 0. The van der Waals surface area contributed by atoms with Crippen molar-refractivity contribution in [3.63, 3.8) is 0 Å². The highest BCUT2D eigenvalue weighted by Gasteiger charge is 2.14. The van der Waals surface area contributed by atoms with Gasteiger partial charge in [-0.1, -0.05) is 0 Å². The molecule has 152 valence electrons. The summed E-state index contributed by atoms with van der Waals surface area (Å²) in [4.78, 5) is 12.4. The summed E-state index contributed by atoms with van der Waals surface area (Å²) in [7, 11) is 1.21. The largest absolute Gasteiger partial charge is 0.493 e. The SMILES string of the molecule is CCS(=O)(=O)Nc1ccc(C(=O)NCc2cc(OC)c(OC)c(OC)c2)cc1. The lowest BCUT2D eigenvalue weighted by atomic mass is 10.1. The van der Waals surface area contributed by atoms with Crippen LogP contribution in [-0.2, 0) is 16.6 Å². The summed E-state index contributed by atoms with van der Waals surface area (Å²) in [5.41, 5.74) is 1.59. The number of rotatable bonds is 9. The number of ether oxygens (including phenoxy) is 3. The van der Waals surface area contributed by atoms with Crippen LogP contribution in [-0.4, -0.2) is 41.4 Å². The number of carbonyl (C=O) groups is 1. The maximum atomic E-state index is 12.4. The van der Waals surface area contributed by atoms with E-state index in [9.17, 15) is 13.2 Å². The van der Waals surface area contributed by atoms with Gasteiger partial charge in [0.05, 0.1) is 27.1 Å². The fourth-order valence-electron chi connectivity index (χ4n) is 2.46. The van der Waals surface area contributed by atoms with Crippen molar-refractivity contribution in [3.05, 3.63) is 47.5 Å². The second-order valence-electron chi connectivity index (χ2n) is 5.80. The molecule has 9 heteroatoms. The summed E-state index contributed by atoms with van der Waals surface area (Å²) in [6, 6.07) is 9.70. The second-order valence-corrected chi connectivity index (χ2v) is 7.81. The molecule has 0 aromatic heterocycles. The Morgan fingerprint density at radius 2 is 1.54 bits per heavy atom. The van der Waals surface area contributed by atoms with Crippen LogP contribution >= 0.6 is 0 Å². The summed E-state index contributed by atoms with van der Waals surface area (Å²) >= 11 is 0. The van der Waals surface area contributed by atoms with E-state index in [0.717, 1.165) is 5.56 Å². The monoisotopic (exact) mass is 408 g/mol. The molecule has 1 amide bonds. The molecule has 2 N–H and O–H groups in total. The number of hydrogen-bond acceptors (Lipinski definition) is 6. The van der Waals surface area contributed by atoms with Crippen molar-refractivity contribution >= 4 is 21.6 Å². The lowest BCUT2D eigenvalue weighted by Gasteiger charge is -2.14. The van der Waals surface area contributed by atoms with Crippen molar-refractivity contribution in [2.75, 3.05) is 31.8 Å². The first-order valence-electron chi connectivity index (χ1n) is 8.51. The molecule has 0 aliphatic rings. The van der Waals surface area contributed by atoms with Crippen molar-refractivity contribution < 1.29 is 27.4 Å². The Balaban J connectivity index is 2.08. The minimum atomic E-state index is -3.36. The standard InChI is InChI=1S/C19H24N2O6S/c1-5-28(23,24)21-15-8-6-14(7-9-15)19(22)20-12-13-10-16(25-2)18(27-4)17(11-13)26-3/h6-11,21H,5,12H2,1-4H3,(H,20,22). The molecular weight excluding hydrogens is 384 g/mol. The molecule has 2 rings (SSSR count). The summed E-state index contributed by atoms with van der Waals surface area (Å²) < 4.78 is 41.5. The van der Waals surface area contributed by atoms with Crippen LogP contribution in [0.5, 0.6) is 17.2 Å². The third kappa shape index (κ3) is 5.29. The number of sulfonamides is 1. The van der Waals surface area contributed by atoms with Gasteiger partial charge in [-0.15, -0.1) is 0 Å². The average molecular weight is 408 g/mol. The Morgan fingerprint density at radius 1 is 0.964 bits per heavy atom. The smallest absolute Gasteiger partial charge is 0.251 e. The zero-order valence-corrected chi connectivity index (χ0v) is 17.1. The molecule has 0 radical (unpaired) electrons. The van der Waals surface area contributed by atoms with Crippen LogP contribution in [0, 0.1) is 0 Å². The zero-order chi connectivity index (χ0) is 20.7. The van der Waals surface area contributed by atoms with Crippen LogP contribution < -0.4 is 24.2 Å². The first-order chi connectivity index (χ1) is 13.3. The third-order valence-electron chi connectivity index (χ3n) is 3.98. The van der Waals surface area contributed by atoms with Crippen LogP contribution in [0.25, 0.3) is 0 Å². The van der Waals surface area contributed by atoms with Crippen molar-refractivity contribution in [2.45, 2.75) is 13.5 Å². The van der Waals surface area contributed by atoms with E-state index in [1.807, 2.05) is 0 Å². The van der Waals surface area contributed by atoms with Crippen LogP contribution in [0.2, 0.25) is 0 Å². The molecule has 28 heavy (non-hydrogen) atoms. The van der Waals surface area contributed by atoms with Gasteiger partial charge >= 0.3 is 0 Å². The van der Waals surface area contributed by atoms with Crippen LogP contribution in [0.3, 0.4) is 0 Å². The van der Waals surface area contributed by atoms with Crippen LogP contribution in [0.15, 0.2) is 36.4 Å². The molecule has 0 aliphatic carbocycles. The number of benzene rings is 2. The molecular formula is C19H24N2O6S. The minimum Gasteiger partial charge on any atom is -0.493 e. The molecule has 0 unspecified atom stereocenters. The fourth-order valence-corrected chi connectivity index (χ4v) is 3.10. The van der Waals surface area contributed by atoms with Gasteiger partial charge in [0.1, 0.15) is 0 Å². The normalized spacial score (nSPS) is 10.9. The van der Waals surface area contributed by atoms with Gasteiger partial charge in [-0.05, 0) is 48.9 Å². The first-order valence-corrected chi connectivity index (χ1v) is 10.2. The average Bonchev–Trinajstić information content (AvgIpc) is 2.71. The number of nitrogens with one attached hydrogen (secondary N) is 2. The molecule has 0 saturated heterocycles. The highest BCUT2D eigenvalue weighted by Crippen LogP contribution is 2.38. The lowest BCUT2D eigenvalue weighted by molar-refractivity contribution is 0.0951. The van der Waals surface area contributed by atoms with Gasteiger partial charge in [0.2, 0.25) is 15.8 Å². The molecule has 2 aromatic rings. The Labute approximate surface area is 164 Å². The van der Waals surface area contributed by atoms with Crippen molar-refractivity contribution in [2.24, 2.45) is 0 Å². The van der Waals surface area contributed by atoms with Gasteiger partial charge < -0.3 is 19.5 Å². The fraction of sp³-hybridized carbons (Fsp3) is 0.316. The van der Waals surface area contributed by atoms with Gasteiger partial charge in [-0.3, -0.25) is 9.52 Å². The van der Waals surface area contributed by atoms with Crippen molar-refractivity contribution in [3.8, 4) is 17.2 Å². The van der Waals surface area contributed by atoms with Gasteiger partial charge in [0.25, 0.3) is 5.91 Å². The first kappa shape index (κ1) is 21.4. The molecule has 0 aliphatic heterocycles. The Hall–Kier alpha value is -2.94. The van der Waals surface area contributed by atoms with E-state index in [-0.39, 0.29) is 18.2 Å². The second kappa shape index (κ2) is 9.32. The lowest BCUT2D eigenvalue weighted by Crippen LogP contribution is -2.23. The Bertz CT molecular complexity index is 901. The molecule has 0 heterocycles. The molecule has 0 saturated carbocycles. The highest BCUT2D eigenvalue weighted by molar-refractivity contribution is 7.92. The maximum Gasteiger partial charge on any atom is 0.251 e. The van der Waals surface area contributed by atoms with Crippen LogP contribution in [0.1, 0.15) is 22.8 Å². The number of methoxy groups -OCH3 is 3. The zero-order valence-electron chi connectivity index (χ0n) is 16.2. The maximum absolute atomic E-state index is 12.4. The summed E-state index contributed by atoms with van der Waals surface area (Å²) in [5.74, 6) is 1.16. The van der Waals surface area contributed by atoms with Crippen LogP contribution in [0.4, 0.5) is 5.69 Å². The molecule has 0 spiro atoms. The van der Waals surface area contributed by atoms with Gasteiger partial charge in [-0.25, -0.2) is 8.42 Å². The Kier molecular flexibility index (Phi) is 7.11. The molecule has 8 nitrogen and oxygen atoms in total. The number of carbonyl (C=O) groups excluding carboxylic acids is 1. The predicted molar refractivity (Wildman–Crippen MR) is 107 cm³/mol. The molecule has 2 aromatic carbocycles. The minimum absolute atomic E-state index is 0.0238. The number of amides is 1. The van der Waals surface area contributed by atoms with E-state index in [0.29, 0.717) is 28.5 Å². The van der Waals surface area contributed by atoms with Gasteiger partial charge in [0, 0.05) is 17.8 Å². The van der Waals surface area contributed by atoms with E-state index in [4.69, 9.17) is 14.2 Å². The molecule has 0 bridgehead atoms. The highest BCUT2D eigenvalue weighted by atomic mass is 32.2. The van der Waals surface area contributed by atoms with E-state index >= 15 is 0 Å². The predicted octanol–water partition coefficient (Wildman–Crippen LogP) is 2.40. The van der Waals surface area contributed by atoms with Gasteiger partial charge in [0.15, 0.2) is 11.5 Å².